The maximum Gasteiger partial charge on any atom is 0.0825 e. The number of halogens is 1. The van der Waals surface area contributed by atoms with E-state index in [4.69, 9.17) is 16.3 Å². The summed E-state index contributed by atoms with van der Waals surface area (Å²) in [7, 11) is 0. The predicted octanol–water partition coefficient (Wildman–Crippen LogP) is 3.19. The molecule has 1 aromatic carbocycles. The van der Waals surface area contributed by atoms with Crippen LogP contribution >= 0.6 is 11.6 Å². The zero-order valence-corrected chi connectivity index (χ0v) is 7.55. The summed E-state index contributed by atoms with van der Waals surface area (Å²) in [5.74, 6) is 0. The van der Waals surface area contributed by atoms with Crippen molar-refractivity contribution in [2.24, 2.45) is 0 Å². The van der Waals surface area contributed by atoms with Crippen LogP contribution in [0.25, 0.3) is 0 Å². The lowest BCUT2D eigenvalue weighted by atomic mass is 10.1. The van der Waals surface area contributed by atoms with E-state index in [0.717, 1.165) is 18.1 Å². The monoisotopic (exact) mass is 182 g/mol. The molecule has 0 aromatic heterocycles. The van der Waals surface area contributed by atoms with Gasteiger partial charge in [0.05, 0.1) is 6.10 Å². The van der Waals surface area contributed by atoms with Crippen LogP contribution in [0.15, 0.2) is 24.3 Å². The molecule has 0 aliphatic carbocycles. The lowest BCUT2D eigenvalue weighted by Gasteiger charge is -2.08. The molecule has 1 heterocycles. The maximum absolute atomic E-state index is 5.78. The Balaban J connectivity index is 2.17. The van der Waals surface area contributed by atoms with E-state index in [1.807, 2.05) is 24.3 Å². The minimum Gasteiger partial charge on any atom is -0.374 e. The van der Waals surface area contributed by atoms with Crippen LogP contribution in [0.1, 0.15) is 24.5 Å². The second-order valence-corrected chi connectivity index (χ2v) is 3.49. The summed E-state index contributed by atoms with van der Waals surface area (Å²) in [6.07, 6.45) is 2.62. The van der Waals surface area contributed by atoms with Crippen LogP contribution in [0.3, 0.4) is 0 Å². The Bertz CT molecular complexity index is 249. The average Bonchev–Trinajstić information content (AvgIpc) is 2.58. The van der Waals surface area contributed by atoms with Crippen LogP contribution in [-0.2, 0) is 4.74 Å². The van der Waals surface area contributed by atoms with E-state index in [0.29, 0.717) is 6.10 Å². The van der Waals surface area contributed by atoms with Crippen molar-refractivity contribution < 1.29 is 4.74 Å². The highest BCUT2D eigenvalue weighted by Gasteiger charge is 2.16. The van der Waals surface area contributed by atoms with Gasteiger partial charge in [0.15, 0.2) is 0 Å². The molecule has 1 atom stereocenters. The molecule has 0 spiro atoms. The smallest absolute Gasteiger partial charge is 0.0825 e. The van der Waals surface area contributed by atoms with Crippen LogP contribution in [0.2, 0.25) is 5.02 Å². The van der Waals surface area contributed by atoms with Gasteiger partial charge in [-0.2, -0.15) is 0 Å². The topological polar surface area (TPSA) is 9.23 Å². The first-order valence-electron chi connectivity index (χ1n) is 4.23. The lowest BCUT2D eigenvalue weighted by molar-refractivity contribution is 0.112. The molecule has 2 rings (SSSR count). The second-order valence-electron chi connectivity index (χ2n) is 3.05. The average molecular weight is 183 g/mol. The Hall–Kier alpha value is -0.530. The standard InChI is InChI=1S/C10H11ClO/c11-9-5-3-8(4-6-9)10-2-1-7-12-10/h3-6,10H,1-2,7H2/t10-/m1/s1. The number of benzene rings is 1. The van der Waals surface area contributed by atoms with Gasteiger partial charge in [0, 0.05) is 11.6 Å². The molecule has 0 unspecified atom stereocenters. The molecule has 2 heteroatoms. The first-order valence-corrected chi connectivity index (χ1v) is 4.61. The van der Waals surface area contributed by atoms with Crippen molar-refractivity contribution in [3.63, 3.8) is 0 Å². The molecule has 1 aliphatic heterocycles. The molecule has 1 nitrogen and oxygen atoms in total. The summed E-state index contributed by atoms with van der Waals surface area (Å²) in [6, 6.07) is 7.91. The fourth-order valence-corrected chi connectivity index (χ4v) is 1.64. The normalized spacial score (nSPS) is 22.9. The van der Waals surface area contributed by atoms with Gasteiger partial charge in [0.1, 0.15) is 0 Å². The minimum absolute atomic E-state index is 0.308. The molecule has 12 heavy (non-hydrogen) atoms. The van der Waals surface area contributed by atoms with Gasteiger partial charge in [-0.05, 0) is 30.5 Å². The molecular weight excluding hydrogens is 172 g/mol. The van der Waals surface area contributed by atoms with Crippen LogP contribution in [0, 0.1) is 0 Å². The summed E-state index contributed by atoms with van der Waals surface area (Å²) in [6.45, 7) is 0.896. The van der Waals surface area contributed by atoms with E-state index in [9.17, 15) is 0 Å². The molecule has 0 radical (unpaired) electrons. The van der Waals surface area contributed by atoms with E-state index in [-0.39, 0.29) is 0 Å². The molecular formula is C10H11ClO. The highest BCUT2D eigenvalue weighted by atomic mass is 35.5. The Morgan fingerprint density at radius 1 is 1.25 bits per heavy atom. The Morgan fingerprint density at radius 2 is 2.00 bits per heavy atom. The van der Waals surface area contributed by atoms with Gasteiger partial charge in [0.25, 0.3) is 0 Å². The highest BCUT2D eigenvalue weighted by molar-refractivity contribution is 6.30. The summed E-state index contributed by atoms with van der Waals surface area (Å²) in [5, 5.41) is 0.789. The van der Waals surface area contributed by atoms with Crippen molar-refractivity contribution in [1.29, 1.82) is 0 Å². The minimum atomic E-state index is 0.308. The summed E-state index contributed by atoms with van der Waals surface area (Å²) in [4.78, 5) is 0. The molecule has 1 aromatic rings. The molecule has 1 fully saturated rings. The molecule has 0 saturated carbocycles. The van der Waals surface area contributed by atoms with Crippen molar-refractivity contribution >= 4 is 11.6 Å². The molecule has 0 bridgehead atoms. The van der Waals surface area contributed by atoms with Gasteiger partial charge >= 0.3 is 0 Å². The first-order chi connectivity index (χ1) is 5.86. The van der Waals surface area contributed by atoms with E-state index < -0.39 is 0 Å². The second kappa shape index (κ2) is 3.46. The number of hydrogen-bond acceptors (Lipinski definition) is 1. The van der Waals surface area contributed by atoms with Crippen LogP contribution < -0.4 is 0 Å². The van der Waals surface area contributed by atoms with E-state index in [1.54, 1.807) is 0 Å². The van der Waals surface area contributed by atoms with Crippen molar-refractivity contribution in [3.05, 3.63) is 34.9 Å². The Labute approximate surface area is 77.3 Å². The van der Waals surface area contributed by atoms with E-state index in [2.05, 4.69) is 0 Å². The van der Waals surface area contributed by atoms with Crippen molar-refractivity contribution in [1.82, 2.24) is 0 Å². The largest absolute Gasteiger partial charge is 0.374 e. The summed E-state index contributed by atoms with van der Waals surface area (Å²) >= 11 is 5.78. The number of hydrogen-bond donors (Lipinski definition) is 0. The van der Waals surface area contributed by atoms with Crippen LogP contribution in [0.4, 0.5) is 0 Å². The third-order valence-electron chi connectivity index (χ3n) is 2.17. The van der Waals surface area contributed by atoms with Gasteiger partial charge in [0.2, 0.25) is 0 Å². The van der Waals surface area contributed by atoms with Gasteiger partial charge in [-0.25, -0.2) is 0 Å². The molecule has 1 aliphatic rings. The summed E-state index contributed by atoms with van der Waals surface area (Å²) < 4.78 is 5.54. The lowest BCUT2D eigenvalue weighted by Crippen LogP contribution is -1.94. The number of ether oxygens (including phenoxy) is 1. The predicted molar refractivity (Wildman–Crippen MR) is 49.4 cm³/mol. The first kappa shape index (κ1) is 8.09. The van der Waals surface area contributed by atoms with Crippen LogP contribution in [-0.4, -0.2) is 6.61 Å². The third kappa shape index (κ3) is 1.62. The van der Waals surface area contributed by atoms with Gasteiger partial charge < -0.3 is 4.74 Å². The quantitative estimate of drug-likeness (QED) is 0.648. The molecule has 64 valence electrons. The zero-order valence-electron chi connectivity index (χ0n) is 6.79. The maximum atomic E-state index is 5.78. The van der Waals surface area contributed by atoms with Gasteiger partial charge in [-0.1, -0.05) is 23.7 Å². The molecule has 0 amide bonds. The fourth-order valence-electron chi connectivity index (χ4n) is 1.52. The Morgan fingerprint density at radius 3 is 2.58 bits per heavy atom. The zero-order chi connectivity index (χ0) is 8.39. The Kier molecular flexibility index (Phi) is 2.33. The third-order valence-corrected chi connectivity index (χ3v) is 2.42. The SMILES string of the molecule is Clc1ccc([C@H]2CCCO2)cc1. The van der Waals surface area contributed by atoms with Gasteiger partial charge in [-0.15, -0.1) is 0 Å². The van der Waals surface area contributed by atoms with E-state index >= 15 is 0 Å². The van der Waals surface area contributed by atoms with Crippen LogP contribution in [0.5, 0.6) is 0 Å². The van der Waals surface area contributed by atoms with Crippen molar-refractivity contribution in [3.8, 4) is 0 Å². The molecule has 1 saturated heterocycles. The fraction of sp³-hybridized carbons (Fsp3) is 0.400. The van der Waals surface area contributed by atoms with E-state index in [1.165, 1.54) is 12.0 Å². The number of rotatable bonds is 1. The van der Waals surface area contributed by atoms with Crippen molar-refractivity contribution in [2.75, 3.05) is 6.61 Å². The summed E-state index contributed by atoms with van der Waals surface area (Å²) in [5.41, 5.74) is 1.25. The van der Waals surface area contributed by atoms with Gasteiger partial charge in [-0.3, -0.25) is 0 Å². The van der Waals surface area contributed by atoms with Crippen molar-refractivity contribution in [2.45, 2.75) is 18.9 Å². The molecule has 0 N–H and O–H groups in total. The highest BCUT2D eigenvalue weighted by Crippen LogP contribution is 2.28.